The van der Waals surface area contributed by atoms with Gasteiger partial charge < -0.3 is 5.11 Å². The molecule has 0 amide bonds. The number of halogens is 1. The smallest absolute Gasteiger partial charge is 0.305 e. The Kier molecular flexibility index (Phi) is 4.99. The number of carbonyl (C=O) groups is 1. The SMILES string of the molecule is Cc1ccc(CN(C)C2(CC(=O)O)CCCCC2)cc1F. The molecule has 4 heteroatoms. The zero-order chi connectivity index (χ0) is 15.5. The van der Waals surface area contributed by atoms with E-state index in [9.17, 15) is 14.3 Å². The minimum atomic E-state index is -0.751. The second kappa shape index (κ2) is 6.56. The third-order valence-electron chi connectivity index (χ3n) is 4.73. The largest absolute Gasteiger partial charge is 0.481 e. The van der Waals surface area contributed by atoms with Crippen LogP contribution in [0, 0.1) is 12.7 Å². The number of benzene rings is 1. The molecule has 0 aliphatic heterocycles. The van der Waals surface area contributed by atoms with Crippen LogP contribution in [0.5, 0.6) is 0 Å². The van der Waals surface area contributed by atoms with Crippen molar-refractivity contribution in [2.45, 2.75) is 57.5 Å². The van der Waals surface area contributed by atoms with Crippen molar-refractivity contribution in [1.29, 1.82) is 0 Å². The summed E-state index contributed by atoms with van der Waals surface area (Å²) in [6.07, 6.45) is 5.29. The van der Waals surface area contributed by atoms with E-state index in [1.807, 2.05) is 13.1 Å². The zero-order valence-electron chi connectivity index (χ0n) is 12.9. The molecule has 21 heavy (non-hydrogen) atoms. The monoisotopic (exact) mass is 293 g/mol. The summed E-state index contributed by atoms with van der Waals surface area (Å²) in [5, 5.41) is 9.24. The highest BCUT2D eigenvalue weighted by atomic mass is 19.1. The number of hydrogen-bond donors (Lipinski definition) is 1. The van der Waals surface area contributed by atoms with Crippen molar-refractivity contribution in [3.05, 3.63) is 35.1 Å². The molecule has 0 radical (unpaired) electrons. The highest BCUT2D eigenvalue weighted by molar-refractivity contribution is 5.68. The van der Waals surface area contributed by atoms with Crippen LogP contribution in [0.2, 0.25) is 0 Å². The van der Waals surface area contributed by atoms with E-state index in [0.717, 1.165) is 31.2 Å². The lowest BCUT2D eigenvalue weighted by atomic mass is 9.78. The molecule has 1 aliphatic rings. The predicted molar refractivity (Wildman–Crippen MR) is 80.7 cm³/mol. The van der Waals surface area contributed by atoms with Crippen LogP contribution in [-0.2, 0) is 11.3 Å². The van der Waals surface area contributed by atoms with Crippen molar-refractivity contribution in [2.75, 3.05) is 7.05 Å². The van der Waals surface area contributed by atoms with E-state index in [1.54, 1.807) is 19.1 Å². The number of aryl methyl sites for hydroxylation is 1. The molecule has 0 atom stereocenters. The molecule has 0 aromatic heterocycles. The van der Waals surface area contributed by atoms with Gasteiger partial charge in [-0.2, -0.15) is 0 Å². The fourth-order valence-corrected chi connectivity index (χ4v) is 3.36. The van der Waals surface area contributed by atoms with E-state index < -0.39 is 5.97 Å². The van der Waals surface area contributed by atoms with E-state index in [-0.39, 0.29) is 17.8 Å². The first-order chi connectivity index (χ1) is 9.93. The van der Waals surface area contributed by atoms with Crippen molar-refractivity contribution in [1.82, 2.24) is 4.90 Å². The highest BCUT2D eigenvalue weighted by Crippen LogP contribution is 2.36. The molecular formula is C17H24FNO2. The molecule has 3 nitrogen and oxygen atoms in total. The molecule has 0 heterocycles. The minimum Gasteiger partial charge on any atom is -0.481 e. The molecule has 1 fully saturated rings. The maximum Gasteiger partial charge on any atom is 0.305 e. The number of rotatable bonds is 5. The fraction of sp³-hybridized carbons (Fsp3) is 0.588. The standard InChI is InChI=1S/C17H24FNO2/c1-13-6-7-14(10-15(13)18)12-19(2)17(11-16(20)21)8-4-3-5-9-17/h6-7,10H,3-5,8-9,11-12H2,1-2H3,(H,20,21). The summed E-state index contributed by atoms with van der Waals surface area (Å²) in [6.45, 7) is 2.33. The molecular weight excluding hydrogens is 269 g/mol. The molecule has 0 unspecified atom stereocenters. The van der Waals surface area contributed by atoms with Gasteiger partial charge in [0.2, 0.25) is 0 Å². The normalized spacial score (nSPS) is 17.9. The first-order valence-corrected chi connectivity index (χ1v) is 7.61. The molecule has 116 valence electrons. The Bertz CT molecular complexity index is 510. The van der Waals surface area contributed by atoms with Crippen LogP contribution in [0.3, 0.4) is 0 Å². The Hall–Kier alpha value is -1.42. The zero-order valence-corrected chi connectivity index (χ0v) is 12.9. The van der Waals surface area contributed by atoms with Gasteiger partial charge in [-0.15, -0.1) is 0 Å². The molecule has 0 saturated heterocycles. The van der Waals surface area contributed by atoms with E-state index in [2.05, 4.69) is 4.90 Å². The molecule has 1 N–H and O–H groups in total. The maximum absolute atomic E-state index is 13.7. The van der Waals surface area contributed by atoms with Crippen molar-refractivity contribution in [2.24, 2.45) is 0 Å². The number of carboxylic acids is 1. The van der Waals surface area contributed by atoms with Gasteiger partial charge in [0, 0.05) is 12.1 Å². The Morgan fingerprint density at radius 2 is 2.00 bits per heavy atom. The van der Waals surface area contributed by atoms with E-state index in [0.29, 0.717) is 12.1 Å². The summed E-state index contributed by atoms with van der Waals surface area (Å²) in [5.74, 6) is -0.948. The van der Waals surface area contributed by atoms with Gasteiger partial charge >= 0.3 is 5.97 Å². The second-order valence-electron chi connectivity index (χ2n) is 6.30. The van der Waals surface area contributed by atoms with Crippen molar-refractivity contribution in [3.63, 3.8) is 0 Å². The van der Waals surface area contributed by atoms with E-state index >= 15 is 0 Å². The summed E-state index contributed by atoms with van der Waals surface area (Å²) in [5.41, 5.74) is 1.25. The third-order valence-corrected chi connectivity index (χ3v) is 4.73. The average molecular weight is 293 g/mol. The number of hydrogen-bond acceptors (Lipinski definition) is 2. The molecule has 1 aromatic rings. The molecule has 1 aromatic carbocycles. The summed E-state index contributed by atoms with van der Waals surface area (Å²) < 4.78 is 13.7. The summed E-state index contributed by atoms with van der Waals surface area (Å²) in [6, 6.07) is 5.26. The topological polar surface area (TPSA) is 40.5 Å². The highest BCUT2D eigenvalue weighted by Gasteiger charge is 2.37. The van der Waals surface area contributed by atoms with Crippen molar-refractivity contribution >= 4 is 5.97 Å². The quantitative estimate of drug-likeness (QED) is 0.899. The Morgan fingerprint density at radius 3 is 2.57 bits per heavy atom. The Morgan fingerprint density at radius 1 is 1.33 bits per heavy atom. The van der Waals surface area contributed by atoms with Gasteiger partial charge in [0.15, 0.2) is 0 Å². The van der Waals surface area contributed by atoms with Gasteiger partial charge in [-0.05, 0) is 44.0 Å². The maximum atomic E-state index is 13.7. The van der Waals surface area contributed by atoms with Crippen molar-refractivity contribution < 1.29 is 14.3 Å². The molecule has 0 spiro atoms. The average Bonchev–Trinajstić information content (AvgIpc) is 2.43. The van der Waals surface area contributed by atoms with Crippen LogP contribution in [0.15, 0.2) is 18.2 Å². The number of aliphatic carboxylic acids is 1. The summed E-state index contributed by atoms with van der Waals surface area (Å²) in [4.78, 5) is 13.4. The van der Waals surface area contributed by atoms with Gasteiger partial charge in [-0.1, -0.05) is 31.4 Å². The molecule has 1 aliphatic carbocycles. The van der Waals surface area contributed by atoms with Gasteiger partial charge in [-0.25, -0.2) is 4.39 Å². The van der Waals surface area contributed by atoms with Gasteiger partial charge in [0.25, 0.3) is 0 Å². The van der Waals surface area contributed by atoms with Gasteiger partial charge in [0.05, 0.1) is 6.42 Å². The first-order valence-electron chi connectivity index (χ1n) is 7.61. The van der Waals surface area contributed by atoms with Crippen molar-refractivity contribution in [3.8, 4) is 0 Å². The van der Waals surface area contributed by atoms with E-state index in [1.165, 1.54) is 6.42 Å². The molecule has 1 saturated carbocycles. The lowest BCUT2D eigenvalue weighted by Crippen LogP contribution is -2.49. The van der Waals surface area contributed by atoms with Gasteiger partial charge in [-0.3, -0.25) is 9.69 Å². The Balaban J connectivity index is 2.15. The molecule has 0 bridgehead atoms. The minimum absolute atomic E-state index is 0.165. The number of nitrogens with zero attached hydrogens (tertiary/aromatic N) is 1. The first kappa shape index (κ1) is 16.0. The second-order valence-corrected chi connectivity index (χ2v) is 6.30. The summed E-state index contributed by atoms with van der Waals surface area (Å²) >= 11 is 0. The Labute approximate surface area is 125 Å². The lowest BCUT2D eigenvalue weighted by Gasteiger charge is -2.44. The lowest BCUT2D eigenvalue weighted by molar-refractivity contribution is -0.141. The van der Waals surface area contributed by atoms with Crippen LogP contribution >= 0.6 is 0 Å². The summed E-state index contributed by atoms with van der Waals surface area (Å²) in [7, 11) is 1.96. The molecule has 2 rings (SSSR count). The van der Waals surface area contributed by atoms with E-state index in [4.69, 9.17) is 0 Å². The van der Waals surface area contributed by atoms with Crippen LogP contribution in [0.4, 0.5) is 4.39 Å². The van der Waals surface area contributed by atoms with Gasteiger partial charge in [0.1, 0.15) is 5.82 Å². The van der Waals surface area contributed by atoms with Crippen LogP contribution in [-0.4, -0.2) is 28.6 Å². The predicted octanol–water partition coefficient (Wildman–Crippen LogP) is 3.74. The fourth-order valence-electron chi connectivity index (χ4n) is 3.36. The number of carboxylic acid groups (broad SMARTS) is 1. The van der Waals surface area contributed by atoms with Crippen LogP contribution in [0.25, 0.3) is 0 Å². The third kappa shape index (κ3) is 3.82. The van der Waals surface area contributed by atoms with Crippen LogP contribution < -0.4 is 0 Å². The van der Waals surface area contributed by atoms with Crippen LogP contribution in [0.1, 0.15) is 49.7 Å².